The van der Waals surface area contributed by atoms with Crippen LogP contribution < -0.4 is 9.98 Å². The molecule has 0 spiro atoms. The van der Waals surface area contributed by atoms with E-state index in [0.717, 1.165) is 24.0 Å². The lowest BCUT2D eigenvalue weighted by atomic mass is 9.98. The second-order valence-corrected chi connectivity index (χ2v) is 6.43. The van der Waals surface area contributed by atoms with Crippen LogP contribution >= 0.6 is 11.6 Å². The SMILES string of the molecule is C=[N+]=C(c1ccccc1)c1cc(Cl)ccc1NC(=O)CC(CC)CC. The molecule has 0 bridgehead atoms. The van der Waals surface area contributed by atoms with E-state index in [1.807, 2.05) is 42.5 Å². The van der Waals surface area contributed by atoms with Crippen LogP contribution in [0.15, 0.2) is 48.5 Å². The minimum atomic E-state index is 0.00810. The van der Waals surface area contributed by atoms with Gasteiger partial charge in [-0.2, -0.15) is 0 Å². The van der Waals surface area contributed by atoms with Crippen LogP contribution in [0.25, 0.3) is 0 Å². The van der Waals surface area contributed by atoms with E-state index in [1.165, 1.54) is 0 Å². The lowest BCUT2D eigenvalue weighted by Gasteiger charge is -2.13. The maximum Gasteiger partial charge on any atom is 0.342 e. The third-order valence-electron chi connectivity index (χ3n) is 4.34. The number of halogens is 1. The van der Waals surface area contributed by atoms with Crippen molar-refractivity contribution in [3.8, 4) is 0 Å². The number of rotatable bonds is 7. The van der Waals surface area contributed by atoms with Crippen LogP contribution in [-0.4, -0.2) is 18.3 Å². The molecule has 0 aliphatic rings. The molecule has 2 aromatic rings. The Morgan fingerprint density at radius 2 is 1.84 bits per heavy atom. The molecule has 0 saturated carbocycles. The molecule has 0 aliphatic heterocycles. The van der Waals surface area contributed by atoms with Crippen LogP contribution in [0.4, 0.5) is 5.69 Å². The normalized spacial score (nSPS) is 10.4. The monoisotopic (exact) mass is 355 g/mol. The minimum Gasteiger partial charge on any atom is -0.325 e. The Bertz CT molecular complexity index is 776. The maximum absolute atomic E-state index is 12.4. The molecule has 25 heavy (non-hydrogen) atoms. The predicted octanol–water partition coefficient (Wildman–Crippen LogP) is 4.71. The van der Waals surface area contributed by atoms with Crippen LogP contribution in [-0.2, 0) is 4.79 Å². The maximum atomic E-state index is 12.4. The zero-order chi connectivity index (χ0) is 18.2. The van der Waals surface area contributed by atoms with Crippen molar-refractivity contribution >= 4 is 35.6 Å². The van der Waals surface area contributed by atoms with Gasteiger partial charge in [0.1, 0.15) is 0 Å². The third kappa shape index (κ3) is 5.06. The van der Waals surface area contributed by atoms with Gasteiger partial charge < -0.3 is 5.32 Å². The van der Waals surface area contributed by atoms with Gasteiger partial charge in [0.15, 0.2) is 0 Å². The summed E-state index contributed by atoms with van der Waals surface area (Å²) in [5.41, 5.74) is 3.09. The summed E-state index contributed by atoms with van der Waals surface area (Å²) in [6.07, 6.45) is 2.50. The first kappa shape index (κ1) is 19.0. The van der Waals surface area contributed by atoms with Gasteiger partial charge in [0.25, 0.3) is 6.72 Å². The van der Waals surface area contributed by atoms with Crippen molar-refractivity contribution in [2.75, 3.05) is 5.32 Å². The van der Waals surface area contributed by atoms with E-state index < -0.39 is 0 Å². The van der Waals surface area contributed by atoms with E-state index in [-0.39, 0.29) is 5.91 Å². The molecule has 0 saturated heterocycles. The van der Waals surface area contributed by atoms with Crippen LogP contribution in [0.5, 0.6) is 0 Å². The molecule has 3 nitrogen and oxygen atoms in total. The molecule has 0 atom stereocenters. The molecule has 1 amide bonds. The molecule has 4 heteroatoms. The average molecular weight is 356 g/mol. The Kier molecular flexibility index (Phi) is 7.00. The third-order valence-corrected chi connectivity index (χ3v) is 4.58. The standard InChI is InChI=1S/C21H23ClN2O/c1-4-15(5-2)13-20(25)24-19-12-11-17(22)14-18(19)21(23-3)16-9-7-6-8-10-16/h6-12,14-15H,3-5,13H2,1-2H3/p+1. The van der Waals surface area contributed by atoms with Crippen LogP contribution in [0.2, 0.25) is 5.02 Å². The number of nitrogens with zero attached hydrogens (tertiary/aromatic N) is 1. The molecule has 0 radical (unpaired) electrons. The first-order valence-electron chi connectivity index (χ1n) is 8.57. The van der Waals surface area contributed by atoms with Crippen LogP contribution in [0.1, 0.15) is 44.2 Å². The molecule has 0 aromatic heterocycles. The summed E-state index contributed by atoms with van der Waals surface area (Å²) < 4.78 is 4.19. The van der Waals surface area contributed by atoms with Gasteiger partial charge in [-0.05, 0) is 36.2 Å². The fourth-order valence-electron chi connectivity index (χ4n) is 2.79. The van der Waals surface area contributed by atoms with Gasteiger partial charge in [0.2, 0.25) is 5.91 Å². The quantitative estimate of drug-likeness (QED) is 0.567. The highest BCUT2D eigenvalue weighted by Gasteiger charge is 2.22. The number of carbonyl (C=O) groups is 1. The Labute approximate surface area is 154 Å². The van der Waals surface area contributed by atoms with Gasteiger partial charge in [-0.25, -0.2) is 0 Å². The molecule has 0 fully saturated rings. The highest BCUT2D eigenvalue weighted by atomic mass is 35.5. The molecule has 0 aliphatic carbocycles. The van der Waals surface area contributed by atoms with Crippen molar-refractivity contribution in [2.45, 2.75) is 33.1 Å². The Morgan fingerprint density at radius 1 is 1.16 bits per heavy atom. The number of nitrogens with one attached hydrogen (secondary N) is 1. The van der Waals surface area contributed by atoms with Crippen molar-refractivity contribution < 1.29 is 4.79 Å². The number of carbonyl (C=O) groups excluding carboxylic acids is 1. The molecule has 130 valence electrons. The predicted molar refractivity (Wildman–Crippen MR) is 108 cm³/mol. The van der Waals surface area contributed by atoms with Gasteiger partial charge in [-0.1, -0.05) is 61.2 Å². The smallest absolute Gasteiger partial charge is 0.325 e. The Balaban J connectivity index is 2.34. The zero-order valence-corrected chi connectivity index (χ0v) is 15.5. The number of hydrogen-bond donors (Lipinski definition) is 1. The largest absolute Gasteiger partial charge is 0.342 e. The molecular weight excluding hydrogens is 332 g/mol. The minimum absolute atomic E-state index is 0.00810. The molecule has 2 aromatic carbocycles. The number of hydrogen-bond acceptors (Lipinski definition) is 1. The van der Waals surface area contributed by atoms with Crippen molar-refractivity contribution in [1.82, 2.24) is 4.67 Å². The Morgan fingerprint density at radius 3 is 2.44 bits per heavy atom. The van der Waals surface area contributed by atoms with Crippen LogP contribution in [0, 0.1) is 5.92 Å². The summed E-state index contributed by atoms with van der Waals surface area (Å²) in [5, 5.41) is 3.60. The summed E-state index contributed by atoms with van der Waals surface area (Å²) in [5.74, 6) is 0.402. The Hall–Kier alpha value is -2.35. The summed E-state index contributed by atoms with van der Waals surface area (Å²) >= 11 is 6.18. The fraction of sp³-hybridized carbons (Fsp3) is 0.286. The number of amides is 1. The van der Waals surface area contributed by atoms with Crippen LogP contribution in [0.3, 0.4) is 0 Å². The second kappa shape index (κ2) is 9.22. The van der Waals surface area contributed by atoms with E-state index in [1.54, 1.807) is 6.07 Å². The zero-order valence-electron chi connectivity index (χ0n) is 14.8. The first-order valence-corrected chi connectivity index (χ1v) is 8.95. The van der Waals surface area contributed by atoms with E-state index in [4.69, 9.17) is 11.6 Å². The summed E-state index contributed by atoms with van der Waals surface area (Å²) in [6, 6.07) is 15.1. The second-order valence-electron chi connectivity index (χ2n) is 6.00. The van der Waals surface area contributed by atoms with E-state index in [9.17, 15) is 4.79 Å². The average Bonchev–Trinajstić information content (AvgIpc) is 2.63. The molecule has 2 rings (SSSR count). The van der Waals surface area contributed by atoms with Gasteiger partial charge in [-0.3, -0.25) is 4.79 Å². The molecule has 0 heterocycles. The fourth-order valence-corrected chi connectivity index (χ4v) is 2.96. The molecule has 1 N–H and O–H groups in total. The van der Waals surface area contributed by atoms with E-state index >= 15 is 0 Å². The van der Waals surface area contributed by atoms with Crippen molar-refractivity contribution in [3.63, 3.8) is 0 Å². The topological polar surface area (TPSA) is 43.2 Å². The summed E-state index contributed by atoms with van der Waals surface area (Å²) in [6.45, 7) is 7.91. The lowest BCUT2D eigenvalue weighted by molar-refractivity contribution is -0.117. The van der Waals surface area contributed by atoms with Crippen molar-refractivity contribution in [2.24, 2.45) is 5.92 Å². The lowest BCUT2D eigenvalue weighted by Crippen LogP contribution is -2.19. The van der Waals surface area contributed by atoms with Gasteiger partial charge in [0, 0.05) is 11.4 Å². The van der Waals surface area contributed by atoms with Gasteiger partial charge in [0.05, 0.1) is 16.8 Å². The first-order chi connectivity index (χ1) is 12.1. The number of anilines is 1. The van der Waals surface area contributed by atoms with Crippen molar-refractivity contribution in [1.29, 1.82) is 0 Å². The van der Waals surface area contributed by atoms with Gasteiger partial charge >= 0.3 is 5.71 Å². The van der Waals surface area contributed by atoms with E-state index in [2.05, 4.69) is 30.5 Å². The molecule has 0 unspecified atom stereocenters. The highest BCUT2D eigenvalue weighted by Crippen LogP contribution is 2.24. The van der Waals surface area contributed by atoms with Gasteiger partial charge in [-0.15, -0.1) is 0 Å². The number of benzene rings is 2. The summed E-state index contributed by atoms with van der Waals surface area (Å²) in [7, 11) is 0. The summed E-state index contributed by atoms with van der Waals surface area (Å²) in [4.78, 5) is 12.4. The molecular formula is C21H24ClN2O+. The van der Waals surface area contributed by atoms with E-state index in [0.29, 0.717) is 28.8 Å². The highest BCUT2D eigenvalue weighted by molar-refractivity contribution is 6.31. The van der Waals surface area contributed by atoms with Crippen molar-refractivity contribution in [3.05, 3.63) is 64.7 Å².